The van der Waals surface area contributed by atoms with Crippen LogP contribution in [0.1, 0.15) is 11.3 Å². The average molecular weight is 306 g/mol. The van der Waals surface area contributed by atoms with Gasteiger partial charge in [-0.05, 0) is 35.9 Å². The van der Waals surface area contributed by atoms with Crippen molar-refractivity contribution in [2.24, 2.45) is 0 Å². The van der Waals surface area contributed by atoms with Crippen molar-refractivity contribution >= 4 is 21.6 Å². The van der Waals surface area contributed by atoms with Crippen molar-refractivity contribution in [3.8, 4) is 0 Å². The zero-order valence-corrected chi connectivity index (χ0v) is 12.2. The highest BCUT2D eigenvalue weighted by Crippen LogP contribution is 2.27. The topological polar surface area (TPSA) is 79.6 Å². The Morgan fingerprint density at radius 1 is 1.33 bits per heavy atom. The van der Waals surface area contributed by atoms with Crippen molar-refractivity contribution in [2.75, 3.05) is 12.4 Å². The Kier molecular flexibility index (Phi) is 3.30. The van der Waals surface area contributed by atoms with Crippen LogP contribution in [0.3, 0.4) is 0 Å². The molecule has 2 aromatic rings. The largest absolute Gasteiger partial charge is 0.468 e. The van der Waals surface area contributed by atoms with Crippen molar-refractivity contribution in [3.63, 3.8) is 0 Å². The molecule has 0 saturated heterocycles. The van der Waals surface area contributed by atoms with E-state index in [1.165, 1.54) is 23.7 Å². The number of sulfonamides is 1. The number of anilines is 1. The summed E-state index contributed by atoms with van der Waals surface area (Å²) in [6.45, 7) is 0.156. The van der Waals surface area contributed by atoms with Gasteiger partial charge in [0.25, 0.3) is 0 Å². The molecule has 1 amide bonds. The molecule has 0 radical (unpaired) electrons. The molecular formula is C14H14N2O4S. The van der Waals surface area contributed by atoms with E-state index in [-0.39, 0.29) is 23.8 Å². The molecule has 0 unspecified atom stereocenters. The molecule has 0 atom stereocenters. The van der Waals surface area contributed by atoms with Gasteiger partial charge in [0.05, 0.1) is 24.1 Å². The summed E-state index contributed by atoms with van der Waals surface area (Å²) in [4.78, 5) is 11.5. The highest BCUT2D eigenvalue weighted by Gasteiger charge is 2.25. The van der Waals surface area contributed by atoms with Crippen LogP contribution in [0.5, 0.6) is 0 Å². The number of rotatable bonds is 4. The molecule has 1 aromatic heterocycles. The average Bonchev–Trinajstić information content (AvgIpc) is 3.05. The zero-order chi connectivity index (χ0) is 15.0. The van der Waals surface area contributed by atoms with Crippen molar-refractivity contribution < 1.29 is 17.6 Å². The Morgan fingerprint density at radius 3 is 2.86 bits per heavy atom. The van der Waals surface area contributed by atoms with Gasteiger partial charge in [0, 0.05) is 12.7 Å². The van der Waals surface area contributed by atoms with Crippen LogP contribution in [0.4, 0.5) is 5.69 Å². The molecule has 21 heavy (non-hydrogen) atoms. The maximum Gasteiger partial charge on any atom is 0.243 e. The van der Waals surface area contributed by atoms with Crippen molar-refractivity contribution in [1.29, 1.82) is 0 Å². The molecule has 1 aromatic carbocycles. The minimum atomic E-state index is -3.62. The van der Waals surface area contributed by atoms with Gasteiger partial charge in [-0.2, -0.15) is 4.31 Å². The molecule has 110 valence electrons. The summed E-state index contributed by atoms with van der Waals surface area (Å²) < 4.78 is 31.4. The van der Waals surface area contributed by atoms with Gasteiger partial charge in [0.2, 0.25) is 15.9 Å². The first-order valence-electron chi connectivity index (χ1n) is 6.38. The van der Waals surface area contributed by atoms with Crippen LogP contribution in [0.15, 0.2) is 45.9 Å². The van der Waals surface area contributed by atoms with Crippen LogP contribution in [0.2, 0.25) is 0 Å². The third-order valence-electron chi connectivity index (χ3n) is 3.37. The van der Waals surface area contributed by atoms with Gasteiger partial charge < -0.3 is 9.73 Å². The van der Waals surface area contributed by atoms with Gasteiger partial charge in [-0.25, -0.2) is 8.42 Å². The summed E-state index contributed by atoms with van der Waals surface area (Å²) >= 11 is 0. The molecular weight excluding hydrogens is 292 g/mol. The van der Waals surface area contributed by atoms with E-state index in [9.17, 15) is 13.2 Å². The maximum atomic E-state index is 12.5. The van der Waals surface area contributed by atoms with Gasteiger partial charge in [0.15, 0.2) is 0 Å². The first kappa shape index (κ1) is 13.8. The molecule has 7 heteroatoms. The van der Waals surface area contributed by atoms with E-state index in [4.69, 9.17) is 4.42 Å². The minimum absolute atomic E-state index is 0.122. The molecule has 2 heterocycles. The number of hydrogen-bond acceptors (Lipinski definition) is 4. The summed E-state index contributed by atoms with van der Waals surface area (Å²) in [5.74, 6) is 0.447. The fraction of sp³-hybridized carbons (Fsp3) is 0.214. The number of benzene rings is 1. The predicted octanol–water partition coefficient (Wildman–Crippen LogP) is 1.59. The predicted molar refractivity (Wildman–Crippen MR) is 76.1 cm³/mol. The number of nitrogens with one attached hydrogen (secondary N) is 1. The van der Waals surface area contributed by atoms with Crippen LogP contribution in [0.25, 0.3) is 0 Å². The minimum Gasteiger partial charge on any atom is -0.468 e. The molecule has 1 N–H and O–H groups in total. The van der Waals surface area contributed by atoms with E-state index >= 15 is 0 Å². The lowest BCUT2D eigenvalue weighted by molar-refractivity contribution is -0.115. The zero-order valence-electron chi connectivity index (χ0n) is 11.4. The second kappa shape index (κ2) is 5.01. The Bertz CT molecular complexity index is 781. The van der Waals surface area contributed by atoms with E-state index in [0.29, 0.717) is 17.0 Å². The quantitative estimate of drug-likeness (QED) is 0.930. The van der Waals surface area contributed by atoms with Crippen LogP contribution < -0.4 is 5.32 Å². The van der Waals surface area contributed by atoms with Crippen LogP contribution in [-0.2, 0) is 27.8 Å². The van der Waals surface area contributed by atoms with E-state index in [2.05, 4.69) is 5.32 Å². The molecule has 0 saturated carbocycles. The van der Waals surface area contributed by atoms with Crippen molar-refractivity contribution in [2.45, 2.75) is 17.9 Å². The molecule has 0 fully saturated rings. The normalized spacial score (nSPS) is 14.3. The first-order chi connectivity index (χ1) is 9.96. The molecule has 0 aliphatic carbocycles. The van der Waals surface area contributed by atoms with Crippen LogP contribution >= 0.6 is 0 Å². The van der Waals surface area contributed by atoms with Gasteiger partial charge in [-0.1, -0.05) is 0 Å². The summed E-state index contributed by atoms with van der Waals surface area (Å²) in [7, 11) is -2.13. The third kappa shape index (κ3) is 2.57. The van der Waals surface area contributed by atoms with E-state index < -0.39 is 10.0 Å². The number of amides is 1. The second-order valence-corrected chi connectivity index (χ2v) is 6.93. The molecule has 1 aliphatic rings. The standard InChI is InChI=1S/C14H14N2O4S/c1-16(9-11-3-2-6-20-11)21(18,19)12-4-5-13-10(7-12)8-14(17)15-13/h2-7H,8-9H2,1H3,(H,15,17). The fourth-order valence-corrected chi connectivity index (χ4v) is 3.44. The van der Waals surface area contributed by atoms with Gasteiger partial charge in [-0.3, -0.25) is 4.79 Å². The lowest BCUT2D eigenvalue weighted by atomic mass is 10.2. The molecule has 0 spiro atoms. The Hall–Kier alpha value is -2.12. The van der Waals surface area contributed by atoms with Crippen LogP contribution in [0, 0.1) is 0 Å². The maximum absolute atomic E-state index is 12.5. The van der Waals surface area contributed by atoms with Gasteiger partial charge >= 0.3 is 0 Å². The fourth-order valence-electron chi connectivity index (χ4n) is 2.25. The smallest absolute Gasteiger partial charge is 0.243 e. The number of nitrogens with zero attached hydrogens (tertiary/aromatic N) is 1. The number of carbonyl (C=O) groups excluding carboxylic acids is 1. The SMILES string of the molecule is CN(Cc1ccco1)S(=O)(=O)c1ccc2c(c1)CC(=O)N2. The summed E-state index contributed by atoms with van der Waals surface area (Å²) in [6, 6.07) is 8.09. The summed E-state index contributed by atoms with van der Waals surface area (Å²) in [5.41, 5.74) is 1.38. The molecule has 1 aliphatic heterocycles. The Morgan fingerprint density at radius 2 is 2.14 bits per heavy atom. The highest BCUT2D eigenvalue weighted by molar-refractivity contribution is 7.89. The number of carbonyl (C=O) groups is 1. The first-order valence-corrected chi connectivity index (χ1v) is 7.82. The van der Waals surface area contributed by atoms with E-state index in [0.717, 1.165) is 0 Å². The van der Waals surface area contributed by atoms with Crippen molar-refractivity contribution in [1.82, 2.24) is 4.31 Å². The van der Waals surface area contributed by atoms with Gasteiger partial charge in [0.1, 0.15) is 5.76 Å². The lowest BCUT2D eigenvalue weighted by Crippen LogP contribution is -2.26. The van der Waals surface area contributed by atoms with Crippen molar-refractivity contribution in [3.05, 3.63) is 47.9 Å². The Labute approximate surface area is 122 Å². The summed E-state index contributed by atoms with van der Waals surface area (Å²) in [5, 5.41) is 2.68. The van der Waals surface area contributed by atoms with E-state index in [1.54, 1.807) is 24.3 Å². The number of hydrogen-bond donors (Lipinski definition) is 1. The third-order valence-corrected chi connectivity index (χ3v) is 5.17. The number of furan rings is 1. The van der Waals surface area contributed by atoms with Crippen LogP contribution in [-0.4, -0.2) is 25.7 Å². The molecule has 0 bridgehead atoms. The highest BCUT2D eigenvalue weighted by atomic mass is 32.2. The Balaban J connectivity index is 1.88. The summed E-state index contributed by atoms with van der Waals surface area (Å²) in [6.07, 6.45) is 1.71. The monoisotopic (exact) mass is 306 g/mol. The van der Waals surface area contributed by atoms with E-state index in [1.807, 2.05) is 0 Å². The van der Waals surface area contributed by atoms with Gasteiger partial charge in [-0.15, -0.1) is 0 Å². The second-order valence-electron chi connectivity index (χ2n) is 4.88. The molecule has 3 rings (SSSR count). The number of fused-ring (bicyclic) bond motifs is 1. The lowest BCUT2D eigenvalue weighted by Gasteiger charge is -2.16. The molecule has 6 nitrogen and oxygen atoms in total.